The fraction of sp³-hybridized carbons (Fsp3) is 0.471. The minimum atomic E-state index is -0.398. The molecule has 2 aromatic rings. The molecule has 0 spiro atoms. The number of pyridine rings is 2. The summed E-state index contributed by atoms with van der Waals surface area (Å²) in [5, 5.41) is 5.37. The number of ether oxygens (including phenoxy) is 1. The molecule has 2 aromatic heterocycles. The van der Waals surface area contributed by atoms with Crippen LogP contribution in [0.2, 0.25) is 0 Å². The van der Waals surface area contributed by atoms with Crippen LogP contribution in [0.25, 0.3) is 11.0 Å². The number of nitrogens with zero attached hydrogens (tertiary/aromatic N) is 2. The van der Waals surface area contributed by atoms with E-state index in [9.17, 15) is 9.59 Å². The van der Waals surface area contributed by atoms with Gasteiger partial charge in [-0.1, -0.05) is 6.42 Å². The minimum Gasteiger partial charge on any atom is -0.481 e. The van der Waals surface area contributed by atoms with Crippen molar-refractivity contribution in [2.75, 3.05) is 38.6 Å². The van der Waals surface area contributed by atoms with E-state index in [0.717, 1.165) is 19.6 Å². The van der Waals surface area contributed by atoms with Crippen molar-refractivity contribution >= 4 is 22.8 Å². The van der Waals surface area contributed by atoms with Crippen molar-refractivity contribution in [2.45, 2.75) is 19.3 Å². The van der Waals surface area contributed by atoms with Crippen LogP contribution in [0.3, 0.4) is 0 Å². The van der Waals surface area contributed by atoms with Crippen LogP contribution in [0.5, 0.6) is 5.88 Å². The van der Waals surface area contributed by atoms with Gasteiger partial charge in [0.15, 0.2) is 0 Å². The van der Waals surface area contributed by atoms with Crippen LogP contribution < -0.4 is 20.8 Å². The van der Waals surface area contributed by atoms with Crippen molar-refractivity contribution < 1.29 is 9.53 Å². The Bertz CT molecular complexity index is 798. The van der Waals surface area contributed by atoms with Gasteiger partial charge in [0.2, 0.25) is 11.3 Å². The highest BCUT2D eigenvalue weighted by atomic mass is 16.5. The van der Waals surface area contributed by atoms with E-state index >= 15 is 0 Å². The summed E-state index contributed by atoms with van der Waals surface area (Å²) in [5.41, 5.74) is 0.620. The molecule has 1 aliphatic rings. The summed E-state index contributed by atoms with van der Waals surface area (Å²) < 4.78 is 5.04. The summed E-state index contributed by atoms with van der Waals surface area (Å²) >= 11 is 0. The number of aromatic amines is 1. The second kappa shape index (κ2) is 7.98. The van der Waals surface area contributed by atoms with Gasteiger partial charge in [-0.2, -0.15) is 0 Å². The van der Waals surface area contributed by atoms with Crippen molar-refractivity contribution in [3.63, 3.8) is 0 Å². The highest BCUT2D eigenvalue weighted by Gasteiger charge is 2.12. The maximum absolute atomic E-state index is 12.5. The van der Waals surface area contributed by atoms with Gasteiger partial charge in [-0.15, -0.1) is 0 Å². The van der Waals surface area contributed by atoms with E-state index in [0.29, 0.717) is 17.9 Å². The molecule has 3 N–H and O–H groups in total. The Morgan fingerprint density at radius 1 is 1.32 bits per heavy atom. The Labute approximate surface area is 145 Å². The molecule has 1 fully saturated rings. The number of aromatic nitrogens is 2. The van der Waals surface area contributed by atoms with Gasteiger partial charge in [-0.3, -0.25) is 4.79 Å². The Hall–Kier alpha value is -2.61. The molecule has 2 amide bonds. The van der Waals surface area contributed by atoms with Gasteiger partial charge in [0, 0.05) is 25.4 Å². The van der Waals surface area contributed by atoms with E-state index in [1.54, 1.807) is 12.1 Å². The average Bonchev–Trinajstić information content (AvgIpc) is 2.65. The van der Waals surface area contributed by atoms with Gasteiger partial charge < -0.3 is 25.3 Å². The number of hydrogen-bond donors (Lipinski definition) is 3. The van der Waals surface area contributed by atoms with Crippen molar-refractivity contribution in [1.29, 1.82) is 0 Å². The zero-order valence-electron chi connectivity index (χ0n) is 14.3. The van der Waals surface area contributed by atoms with Crippen molar-refractivity contribution in [3.05, 3.63) is 28.6 Å². The number of amides is 2. The van der Waals surface area contributed by atoms with E-state index in [4.69, 9.17) is 4.74 Å². The third kappa shape index (κ3) is 4.27. The Morgan fingerprint density at radius 2 is 2.12 bits per heavy atom. The minimum absolute atomic E-state index is 0.156. The lowest BCUT2D eigenvalue weighted by Crippen LogP contribution is -2.39. The first-order valence-electron chi connectivity index (χ1n) is 8.51. The predicted octanol–water partition coefficient (Wildman–Crippen LogP) is 1.54. The van der Waals surface area contributed by atoms with E-state index in [2.05, 4.69) is 25.5 Å². The molecule has 0 aromatic carbocycles. The third-order valence-corrected chi connectivity index (χ3v) is 4.32. The third-order valence-electron chi connectivity index (χ3n) is 4.32. The summed E-state index contributed by atoms with van der Waals surface area (Å²) in [5.74, 6) is 0.348. The molecule has 8 nitrogen and oxygen atoms in total. The number of hydrogen-bond acceptors (Lipinski definition) is 5. The summed E-state index contributed by atoms with van der Waals surface area (Å²) in [4.78, 5) is 33.9. The average molecular weight is 345 g/mol. The number of methoxy groups -OCH3 is 1. The molecule has 0 bridgehead atoms. The van der Waals surface area contributed by atoms with Gasteiger partial charge in [0.1, 0.15) is 11.2 Å². The topological polar surface area (TPSA) is 99.3 Å². The summed E-state index contributed by atoms with van der Waals surface area (Å²) in [7, 11) is 1.49. The number of piperidine rings is 1. The van der Waals surface area contributed by atoms with Crippen LogP contribution in [0.15, 0.2) is 23.1 Å². The summed E-state index contributed by atoms with van der Waals surface area (Å²) in [6, 6.07) is 2.98. The Kier molecular flexibility index (Phi) is 5.49. The monoisotopic (exact) mass is 345 g/mol. The lowest BCUT2D eigenvalue weighted by atomic mass is 10.1. The van der Waals surface area contributed by atoms with Crippen LogP contribution >= 0.6 is 0 Å². The zero-order chi connectivity index (χ0) is 17.6. The highest BCUT2D eigenvalue weighted by molar-refractivity contribution is 5.91. The van der Waals surface area contributed by atoms with Crippen LogP contribution in [-0.4, -0.2) is 54.2 Å². The highest BCUT2D eigenvalue weighted by Crippen LogP contribution is 2.13. The van der Waals surface area contributed by atoms with Crippen LogP contribution in [0.1, 0.15) is 19.3 Å². The summed E-state index contributed by atoms with van der Waals surface area (Å²) in [6.45, 7) is 3.53. The fourth-order valence-electron chi connectivity index (χ4n) is 2.96. The first-order valence-corrected chi connectivity index (χ1v) is 8.51. The maximum Gasteiger partial charge on any atom is 0.319 e. The molecule has 3 rings (SSSR count). The SMILES string of the molecule is COc1ccc2[nH]cc(NC(=O)NCCN3CCCCC3)c(=O)c2n1. The number of urea groups is 1. The van der Waals surface area contributed by atoms with Crippen LogP contribution in [-0.2, 0) is 0 Å². The molecule has 134 valence electrons. The number of likely N-dealkylation sites (tertiary alicyclic amines) is 1. The standard InChI is InChI=1S/C17H23N5O3/c1-25-14-6-5-12-15(21-14)16(23)13(11-19-12)20-17(24)18-7-10-22-8-3-2-4-9-22/h5-6,11H,2-4,7-10H2,1H3,(H,19,23)(H2,18,20,24). The number of H-pyrrole nitrogens is 1. The van der Waals surface area contributed by atoms with E-state index in [1.165, 1.54) is 32.6 Å². The van der Waals surface area contributed by atoms with Crippen LogP contribution in [0, 0.1) is 0 Å². The largest absolute Gasteiger partial charge is 0.481 e. The lowest BCUT2D eigenvalue weighted by Gasteiger charge is -2.26. The van der Waals surface area contributed by atoms with E-state index in [-0.39, 0.29) is 16.6 Å². The Balaban J connectivity index is 1.60. The maximum atomic E-state index is 12.5. The van der Waals surface area contributed by atoms with Crippen molar-refractivity contribution in [1.82, 2.24) is 20.2 Å². The molecule has 0 saturated carbocycles. The second-order valence-corrected chi connectivity index (χ2v) is 6.06. The lowest BCUT2D eigenvalue weighted by molar-refractivity contribution is 0.224. The first-order chi connectivity index (χ1) is 12.2. The number of rotatable bonds is 5. The summed E-state index contributed by atoms with van der Waals surface area (Å²) in [6.07, 6.45) is 5.20. The van der Waals surface area contributed by atoms with Gasteiger partial charge in [0.25, 0.3) is 0 Å². The molecule has 25 heavy (non-hydrogen) atoms. The molecular weight excluding hydrogens is 322 g/mol. The molecule has 0 atom stereocenters. The van der Waals surface area contributed by atoms with Crippen molar-refractivity contribution in [2.24, 2.45) is 0 Å². The van der Waals surface area contributed by atoms with E-state index < -0.39 is 6.03 Å². The molecule has 1 aliphatic heterocycles. The molecule has 0 unspecified atom stereocenters. The second-order valence-electron chi connectivity index (χ2n) is 6.06. The normalized spacial score (nSPS) is 15.1. The van der Waals surface area contributed by atoms with Gasteiger partial charge >= 0.3 is 6.03 Å². The number of anilines is 1. The molecule has 1 saturated heterocycles. The number of nitrogens with one attached hydrogen (secondary N) is 3. The van der Waals surface area contributed by atoms with Crippen LogP contribution in [0.4, 0.5) is 10.5 Å². The zero-order valence-corrected chi connectivity index (χ0v) is 14.3. The number of carbonyl (C=O) groups is 1. The smallest absolute Gasteiger partial charge is 0.319 e. The van der Waals surface area contributed by atoms with E-state index in [1.807, 2.05) is 0 Å². The molecule has 0 radical (unpaired) electrons. The number of fused-ring (bicyclic) bond motifs is 1. The molecule has 8 heteroatoms. The molecule has 0 aliphatic carbocycles. The first kappa shape index (κ1) is 17.2. The molecular formula is C17H23N5O3. The number of carbonyl (C=O) groups excluding carboxylic acids is 1. The Morgan fingerprint density at radius 3 is 2.88 bits per heavy atom. The predicted molar refractivity (Wildman–Crippen MR) is 96.2 cm³/mol. The van der Waals surface area contributed by atoms with Crippen molar-refractivity contribution in [3.8, 4) is 5.88 Å². The fourth-order valence-corrected chi connectivity index (χ4v) is 2.96. The molecule has 3 heterocycles. The van der Waals surface area contributed by atoms with Gasteiger partial charge in [0.05, 0.1) is 12.6 Å². The van der Waals surface area contributed by atoms with Gasteiger partial charge in [-0.05, 0) is 32.0 Å². The quantitative estimate of drug-likeness (QED) is 0.763. The van der Waals surface area contributed by atoms with Gasteiger partial charge in [-0.25, -0.2) is 9.78 Å².